The highest BCUT2D eigenvalue weighted by Crippen LogP contribution is 2.33. The minimum atomic E-state index is 1.04. The lowest BCUT2D eigenvalue weighted by Gasteiger charge is -2.16. The zero-order valence-electron chi connectivity index (χ0n) is 9.16. The minimum absolute atomic E-state index is 1.04. The molecule has 3 heterocycles. The second kappa shape index (κ2) is 4.00. The molecule has 0 bridgehead atoms. The summed E-state index contributed by atoms with van der Waals surface area (Å²) in [5.41, 5.74) is 1.37. The van der Waals surface area contributed by atoms with E-state index in [0.717, 1.165) is 23.4 Å². The van der Waals surface area contributed by atoms with Crippen LogP contribution in [0.15, 0.2) is 16.7 Å². The molecule has 0 spiro atoms. The number of hydrogen-bond donors (Lipinski definition) is 0. The highest BCUT2D eigenvalue weighted by molar-refractivity contribution is 9.10. The second-order valence-corrected chi connectivity index (χ2v) is 6.23. The van der Waals surface area contributed by atoms with E-state index in [1.807, 2.05) is 11.3 Å². The first kappa shape index (κ1) is 10.5. The third kappa shape index (κ3) is 1.64. The van der Waals surface area contributed by atoms with Gasteiger partial charge in [-0.25, -0.2) is 4.98 Å². The molecule has 0 aromatic carbocycles. The van der Waals surface area contributed by atoms with Crippen LogP contribution < -0.4 is 0 Å². The summed E-state index contributed by atoms with van der Waals surface area (Å²) in [4.78, 5) is 7.30. The van der Waals surface area contributed by atoms with E-state index in [1.54, 1.807) is 0 Å². The lowest BCUT2D eigenvalue weighted by molar-refractivity contribution is 0.535. The first-order valence-electron chi connectivity index (χ1n) is 5.57. The molecule has 0 saturated heterocycles. The van der Waals surface area contributed by atoms with Crippen LogP contribution >= 0.6 is 27.3 Å². The van der Waals surface area contributed by atoms with Gasteiger partial charge in [0.2, 0.25) is 0 Å². The van der Waals surface area contributed by atoms with Crippen molar-refractivity contribution in [1.29, 1.82) is 0 Å². The number of aryl methyl sites for hydroxylation is 1. The molecule has 0 amide bonds. The first-order valence-corrected chi connectivity index (χ1v) is 7.18. The Hall–Kier alpha value is -0.610. The summed E-state index contributed by atoms with van der Waals surface area (Å²) < 4.78 is 3.41. The molecule has 4 heteroatoms. The Morgan fingerprint density at radius 2 is 2.25 bits per heavy atom. The Morgan fingerprint density at radius 3 is 3.00 bits per heavy atom. The van der Waals surface area contributed by atoms with Gasteiger partial charge in [0.1, 0.15) is 4.60 Å². The maximum atomic E-state index is 4.67. The van der Waals surface area contributed by atoms with E-state index in [9.17, 15) is 0 Å². The number of hydrogen-bond acceptors (Lipinski definition) is 2. The maximum Gasteiger partial charge on any atom is 0.151 e. The molecule has 0 saturated carbocycles. The molecule has 3 rings (SSSR count). The van der Waals surface area contributed by atoms with E-state index < -0.39 is 0 Å². The molecule has 0 unspecified atom stereocenters. The van der Waals surface area contributed by atoms with Crippen molar-refractivity contribution < 1.29 is 0 Å². The van der Waals surface area contributed by atoms with E-state index in [-0.39, 0.29) is 0 Å². The quantitative estimate of drug-likeness (QED) is 0.777. The van der Waals surface area contributed by atoms with Crippen molar-refractivity contribution in [3.8, 4) is 10.7 Å². The van der Waals surface area contributed by atoms with Crippen molar-refractivity contribution in [3.05, 3.63) is 27.3 Å². The normalized spacial score (nSPS) is 15.1. The summed E-state index contributed by atoms with van der Waals surface area (Å²) in [7, 11) is 0. The third-order valence-corrected chi connectivity index (χ3v) is 4.66. The molecule has 16 heavy (non-hydrogen) atoms. The van der Waals surface area contributed by atoms with Gasteiger partial charge in [-0.2, -0.15) is 0 Å². The molecule has 2 aromatic rings. The number of thiophene rings is 1. The average Bonchev–Trinajstić information content (AvgIpc) is 2.84. The van der Waals surface area contributed by atoms with Gasteiger partial charge < -0.3 is 4.57 Å². The molecule has 0 N–H and O–H groups in total. The Morgan fingerprint density at radius 1 is 1.38 bits per heavy atom. The van der Waals surface area contributed by atoms with Crippen LogP contribution in [-0.2, 0) is 13.0 Å². The van der Waals surface area contributed by atoms with Gasteiger partial charge in [-0.1, -0.05) is 0 Å². The fraction of sp³-hybridized carbons (Fsp3) is 0.417. The van der Waals surface area contributed by atoms with Crippen molar-refractivity contribution in [2.45, 2.75) is 32.7 Å². The highest BCUT2D eigenvalue weighted by atomic mass is 79.9. The van der Waals surface area contributed by atoms with Crippen LogP contribution in [-0.4, -0.2) is 9.55 Å². The van der Waals surface area contributed by atoms with Gasteiger partial charge in [0.15, 0.2) is 5.82 Å². The average molecular weight is 297 g/mol. The molecule has 84 valence electrons. The number of nitrogens with zero attached hydrogens (tertiary/aromatic N) is 2. The Labute approximate surface area is 107 Å². The summed E-state index contributed by atoms with van der Waals surface area (Å²) in [5, 5.41) is 0. The van der Waals surface area contributed by atoms with E-state index in [0.29, 0.717) is 0 Å². The minimum Gasteiger partial charge on any atom is -0.326 e. The van der Waals surface area contributed by atoms with Crippen LogP contribution in [0.5, 0.6) is 0 Å². The third-order valence-electron chi connectivity index (χ3n) is 3.03. The van der Waals surface area contributed by atoms with Gasteiger partial charge in [0, 0.05) is 11.4 Å². The molecule has 1 aliphatic rings. The van der Waals surface area contributed by atoms with Crippen LogP contribution in [0, 0.1) is 6.92 Å². The lowest BCUT2D eigenvalue weighted by Crippen LogP contribution is -2.10. The second-order valence-electron chi connectivity index (χ2n) is 4.19. The fourth-order valence-electron chi connectivity index (χ4n) is 2.24. The molecular formula is C12H13BrN2S. The van der Waals surface area contributed by atoms with Gasteiger partial charge in [-0.15, -0.1) is 11.3 Å². The maximum absolute atomic E-state index is 4.67. The fourth-order valence-corrected chi connectivity index (χ4v) is 3.69. The van der Waals surface area contributed by atoms with E-state index in [2.05, 4.69) is 44.5 Å². The number of rotatable bonds is 1. The Balaban J connectivity index is 2.14. The number of fused-ring (bicyclic) bond motifs is 1. The molecule has 0 aliphatic carbocycles. The molecule has 0 fully saturated rings. The standard InChI is InChI=1S/C12H13BrN2S/c1-8-5-6-10(16-8)12-14-11(13)9-4-2-3-7-15(9)12/h5-6H,2-4,7H2,1H3. The van der Waals surface area contributed by atoms with Crippen molar-refractivity contribution in [2.24, 2.45) is 0 Å². The van der Waals surface area contributed by atoms with Crippen LogP contribution in [0.4, 0.5) is 0 Å². The monoisotopic (exact) mass is 296 g/mol. The SMILES string of the molecule is Cc1ccc(-c2nc(Br)c3n2CCCC3)s1. The zero-order chi connectivity index (χ0) is 11.1. The molecule has 2 aromatic heterocycles. The van der Waals surface area contributed by atoms with Crippen molar-refractivity contribution >= 4 is 27.3 Å². The topological polar surface area (TPSA) is 17.8 Å². The predicted octanol–water partition coefficient (Wildman–Crippen LogP) is 4.02. The smallest absolute Gasteiger partial charge is 0.151 e. The van der Waals surface area contributed by atoms with Gasteiger partial charge in [-0.3, -0.25) is 0 Å². The zero-order valence-corrected chi connectivity index (χ0v) is 11.6. The summed E-state index contributed by atoms with van der Waals surface area (Å²) in [5.74, 6) is 1.14. The molecular weight excluding hydrogens is 284 g/mol. The van der Waals surface area contributed by atoms with E-state index in [1.165, 1.54) is 28.3 Å². The van der Waals surface area contributed by atoms with Gasteiger partial charge in [0.25, 0.3) is 0 Å². The summed E-state index contributed by atoms with van der Waals surface area (Å²) in [6.07, 6.45) is 3.71. The van der Waals surface area contributed by atoms with E-state index >= 15 is 0 Å². The van der Waals surface area contributed by atoms with Crippen molar-refractivity contribution in [3.63, 3.8) is 0 Å². The Kier molecular flexibility index (Phi) is 2.64. The number of aromatic nitrogens is 2. The lowest BCUT2D eigenvalue weighted by atomic mass is 10.1. The van der Waals surface area contributed by atoms with Gasteiger partial charge in [0.05, 0.1) is 10.6 Å². The van der Waals surface area contributed by atoms with Crippen LogP contribution in [0.1, 0.15) is 23.4 Å². The summed E-state index contributed by atoms with van der Waals surface area (Å²) in [6.45, 7) is 3.25. The number of halogens is 1. The molecule has 0 atom stereocenters. The highest BCUT2D eigenvalue weighted by Gasteiger charge is 2.19. The van der Waals surface area contributed by atoms with Crippen LogP contribution in [0.2, 0.25) is 0 Å². The first-order chi connectivity index (χ1) is 7.75. The van der Waals surface area contributed by atoms with Gasteiger partial charge in [-0.05, 0) is 54.2 Å². The van der Waals surface area contributed by atoms with Crippen molar-refractivity contribution in [1.82, 2.24) is 9.55 Å². The van der Waals surface area contributed by atoms with Gasteiger partial charge >= 0.3 is 0 Å². The van der Waals surface area contributed by atoms with E-state index in [4.69, 9.17) is 0 Å². The van der Waals surface area contributed by atoms with Crippen LogP contribution in [0.25, 0.3) is 10.7 Å². The van der Waals surface area contributed by atoms with Crippen LogP contribution in [0.3, 0.4) is 0 Å². The predicted molar refractivity (Wildman–Crippen MR) is 70.9 cm³/mol. The van der Waals surface area contributed by atoms with Crippen molar-refractivity contribution in [2.75, 3.05) is 0 Å². The summed E-state index contributed by atoms with van der Waals surface area (Å²) in [6, 6.07) is 4.34. The molecule has 0 radical (unpaired) electrons. The molecule has 1 aliphatic heterocycles. The molecule has 2 nitrogen and oxygen atoms in total. The Bertz CT molecular complexity index is 527. The number of imidazole rings is 1. The largest absolute Gasteiger partial charge is 0.326 e. The summed E-state index contributed by atoms with van der Waals surface area (Å²) >= 11 is 5.40.